The molecule has 0 saturated carbocycles. The highest BCUT2D eigenvalue weighted by atomic mass is 15.0. The molecule has 0 unspecified atom stereocenters. The van der Waals surface area contributed by atoms with Gasteiger partial charge < -0.3 is 4.57 Å². The first-order valence-corrected chi connectivity index (χ1v) is 7.96. The summed E-state index contributed by atoms with van der Waals surface area (Å²) in [7, 11) is 0. The van der Waals surface area contributed by atoms with Crippen LogP contribution in [0.4, 0.5) is 0 Å². The molecule has 2 atom stereocenters. The lowest BCUT2D eigenvalue weighted by Crippen LogP contribution is -2.24. The van der Waals surface area contributed by atoms with Crippen LogP contribution in [0.5, 0.6) is 0 Å². The third-order valence-electron chi connectivity index (χ3n) is 5.17. The molecule has 2 nitrogen and oxygen atoms in total. The van der Waals surface area contributed by atoms with Crippen LogP contribution in [0.1, 0.15) is 48.3 Å². The number of hydrogen-bond acceptors (Lipinski definition) is 1. The minimum atomic E-state index is 0.844. The molecule has 0 fully saturated rings. The van der Waals surface area contributed by atoms with Crippen molar-refractivity contribution >= 4 is 0 Å². The van der Waals surface area contributed by atoms with E-state index in [1.807, 2.05) is 12.5 Å². The topological polar surface area (TPSA) is 17.8 Å². The van der Waals surface area contributed by atoms with Gasteiger partial charge in [-0.1, -0.05) is 18.2 Å². The Morgan fingerprint density at radius 1 is 1.25 bits per heavy atom. The van der Waals surface area contributed by atoms with E-state index >= 15 is 0 Å². The Morgan fingerprint density at radius 3 is 3.10 bits per heavy atom. The Labute approximate surface area is 120 Å². The van der Waals surface area contributed by atoms with Gasteiger partial charge in [0, 0.05) is 18.9 Å². The predicted molar refractivity (Wildman–Crippen MR) is 80.8 cm³/mol. The van der Waals surface area contributed by atoms with Crippen LogP contribution in [0.15, 0.2) is 36.9 Å². The number of aryl methyl sites for hydroxylation is 2. The van der Waals surface area contributed by atoms with Crippen LogP contribution in [-0.2, 0) is 19.4 Å². The number of imidazole rings is 1. The summed E-state index contributed by atoms with van der Waals surface area (Å²) < 4.78 is 2.22. The second-order valence-corrected chi connectivity index (χ2v) is 6.47. The first kappa shape index (κ1) is 12.2. The highest BCUT2D eigenvalue weighted by Crippen LogP contribution is 2.43. The molecule has 1 aromatic heterocycles. The Hall–Kier alpha value is -1.57. The van der Waals surface area contributed by atoms with E-state index in [-0.39, 0.29) is 0 Å². The van der Waals surface area contributed by atoms with Crippen molar-refractivity contribution in [3.05, 3.63) is 53.6 Å². The van der Waals surface area contributed by atoms with Crippen molar-refractivity contribution in [3.8, 4) is 0 Å². The van der Waals surface area contributed by atoms with Crippen LogP contribution in [0.2, 0.25) is 0 Å². The third kappa shape index (κ3) is 2.17. The van der Waals surface area contributed by atoms with Crippen molar-refractivity contribution < 1.29 is 0 Å². The number of rotatable bonds is 3. The molecule has 1 heterocycles. The van der Waals surface area contributed by atoms with Crippen molar-refractivity contribution in [1.82, 2.24) is 9.55 Å². The van der Waals surface area contributed by atoms with Crippen LogP contribution >= 0.6 is 0 Å². The van der Waals surface area contributed by atoms with Gasteiger partial charge in [0.15, 0.2) is 0 Å². The summed E-state index contributed by atoms with van der Waals surface area (Å²) in [5.41, 5.74) is 5.03. The van der Waals surface area contributed by atoms with E-state index in [0.29, 0.717) is 0 Å². The van der Waals surface area contributed by atoms with Gasteiger partial charge in [-0.3, -0.25) is 0 Å². The van der Waals surface area contributed by atoms with E-state index in [1.54, 1.807) is 16.7 Å². The SMILES string of the molecule is c1cc2c3c(c1)C[C@@H](CCn1ccnc1)C[C@H]3CCC2. The van der Waals surface area contributed by atoms with Gasteiger partial charge in [0.1, 0.15) is 0 Å². The molecule has 104 valence electrons. The number of nitrogens with zero attached hydrogens (tertiary/aromatic N) is 2. The van der Waals surface area contributed by atoms with Crippen molar-refractivity contribution in [1.29, 1.82) is 0 Å². The molecule has 0 aliphatic heterocycles. The van der Waals surface area contributed by atoms with E-state index in [0.717, 1.165) is 18.4 Å². The van der Waals surface area contributed by atoms with Crippen LogP contribution in [-0.4, -0.2) is 9.55 Å². The fraction of sp³-hybridized carbons (Fsp3) is 0.500. The molecule has 0 bridgehead atoms. The molecule has 2 aliphatic rings. The highest BCUT2D eigenvalue weighted by Gasteiger charge is 2.30. The average molecular weight is 266 g/mol. The summed E-state index contributed by atoms with van der Waals surface area (Å²) in [5.74, 6) is 1.69. The summed E-state index contributed by atoms with van der Waals surface area (Å²) >= 11 is 0. The third-order valence-corrected chi connectivity index (χ3v) is 5.17. The molecular weight excluding hydrogens is 244 g/mol. The minimum Gasteiger partial charge on any atom is -0.337 e. The lowest BCUT2D eigenvalue weighted by molar-refractivity contribution is 0.338. The predicted octanol–water partition coefficient (Wildman–Crippen LogP) is 3.96. The maximum absolute atomic E-state index is 4.14. The first-order chi connectivity index (χ1) is 9.90. The standard InChI is InChI=1S/C18H22N2/c1-3-15-4-2-6-17-12-14(11-16(5-1)18(15)17)7-9-20-10-8-19-13-20/h1,3,5,8,10,13-14,17H,2,4,6-7,9,11-12H2/t14-,17-/m1/s1. The zero-order valence-electron chi connectivity index (χ0n) is 12.0. The lowest BCUT2D eigenvalue weighted by atomic mass is 9.69. The maximum Gasteiger partial charge on any atom is 0.0945 e. The van der Waals surface area contributed by atoms with Gasteiger partial charge in [0.05, 0.1) is 6.33 Å². The molecule has 0 spiro atoms. The van der Waals surface area contributed by atoms with Crippen molar-refractivity contribution in [2.24, 2.45) is 5.92 Å². The van der Waals surface area contributed by atoms with Crippen LogP contribution in [0, 0.1) is 5.92 Å². The van der Waals surface area contributed by atoms with Gasteiger partial charge in [0.25, 0.3) is 0 Å². The van der Waals surface area contributed by atoms with E-state index in [1.165, 1.54) is 38.5 Å². The fourth-order valence-corrected chi connectivity index (χ4v) is 4.27. The average Bonchev–Trinajstić information content (AvgIpc) is 2.99. The Kier molecular flexibility index (Phi) is 3.10. The van der Waals surface area contributed by atoms with E-state index < -0.39 is 0 Å². The van der Waals surface area contributed by atoms with Gasteiger partial charge in [0.2, 0.25) is 0 Å². The molecule has 1 aromatic carbocycles. The highest BCUT2D eigenvalue weighted by molar-refractivity contribution is 5.41. The first-order valence-electron chi connectivity index (χ1n) is 7.96. The number of benzene rings is 1. The smallest absolute Gasteiger partial charge is 0.0945 e. The summed E-state index contributed by atoms with van der Waals surface area (Å²) in [6.45, 7) is 1.12. The quantitative estimate of drug-likeness (QED) is 0.822. The molecule has 0 N–H and O–H groups in total. The Morgan fingerprint density at radius 2 is 2.20 bits per heavy atom. The maximum atomic E-state index is 4.14. The van der Waals surface area contributed by atoms with E-state index in [9.17, 15) is 0 Å². The number of hydrogen-bond donors (Lipinski definition) is 0. The summed E-state index contributed by atoms with van der Waals surface area (Å²) in [5, 5.41) is 0. The minimum absolute atomic E-state index is 0.844. The summed E-state index contributed by atoms with van der Waals surface area (Å²) in [6.07, 6.45) is 14.0. The zero-order valence-corrected chi connectivity index (χ0v) is 12.0. The fourth-order valence-electron chi connectivity index (χ4n) is 4.27. The van der Waals surface area contributed by atoms with Gasteiger partial charge in [-0.2, -0.15) is 0 Å². The van der Waals surface area contributed by atoms with Gasteiger partial charge >= 0.3 is 0 Å². The summed E-state index contributed by atoms with van der Waals surface area (Å²) in [4.78, 5) is 4.14. The normalized spacial score (nSPS) is 24.4. The molecule has 20 heavy (non-hydrogen) atoms. The molecular formula is C18H22N2. The second kappa shape index (κ2) is 5.08. The monoisotopic (exact) mass is 266 g/mol. The van der Waals surface area contributed by atoms with E-state index in [2.05, 4.69) is 33.9 Å². The molecule has 0 amide bonds. The van der Waals surface area contributed by atoms with Crippen LogP contribution in [0.25, 0.3) is 0 Å². The second-order valence-electron chi connectivity index (χ2n) is 6.47. The Bertz CT molecular complexity index is 585. The van der Waals surface area contributed by atoms with Gasteiger partial charge in [-0.15, -0.1) is 0 Å². The van der Waals surface area contributed by atoms with Gasteiger partial charge in [-0.25, -0.2) is 4.98 Å². The van der Waals surface area contributed by atoms with Crippen molar-refractivity contribution in [3.63, 3.8) is 0 Å². The molecule has 4 rings (SSSR count). The Balaban J connectivity index is 1.52. The van der Waals surface area contributed by atoms with Crippen LogP contribution in [0.3, 0.4) is 0 Å². The lowest BCUT2D eigenvalue weighted by Gasteiger charge is -2.36. The van der Waals surface area contributed by atoms with Crippen molar-refractivity contribution in [2.45, 2.75) is 51.0 Å². The van der Waals surface area contributed by atoms with Crippen molar-refractivity contribution in [2.75, 3.05) is 0 Å². The molecule has 0 radical (unpaired) electrons. The van der Waals surface area contributed by atoms with Crippen LogP contribution < -0.4 is 0 Å². The largest absolute Gasteiger partial charge is 0.337 e. The van der Waals surface area contributed by atoms with E-state index in [4.69, 9.17) is 0 Å². The van der Waals surface area contributed by atoms with Gasteiger partial charge in [-0.05, 0) is 67.1 Å². The molecule has 0 saturated heterocycles. The zero-order chi connectivity index (χ0) is 13.4. The molecule has 2 aliphatic carbocycles. The molecule has 2 heteroatoms. The summed E-state index contributed by atoms with van der Waals surface area (Å²) in [6, 6.07) is 7.01. The number of aromatic nitrogens is 2. The molecule has 2 aromatic rings.